The van der Waals surface area contributed by atoms with Gasteiger partial charge in [-0.3, -0.25) is 9.69 Å². The number of ether oxygens (including phenoxy) is 1. The van der Waals surface area contributed by atoms with Gasteiger partial charge in [-0.25, -0.2) is 4.39 Å². The minimum atomic E-state index is -0.290. The van der Waals surface area contributed by atoms with Gasteiger partial charge >= 0.3 is 0 Å². The number of hydrogen-bond acceptors (Lipinski definition) is 3. The van der Waals surface area contributed by atoms with E-state index in [-0.39, 0.29) is 17.6 Å². The first-order valence-electron chi connectivity index (χ1n) is 9.23. The molecule has 0 bridgehead atoms. The Morgan fingerprint density at radius 3 is 2.44 bits per heavy atom. The number of halogens is 2. The van der Waals surface area contributed by atoms with Crippen LogP contribution in [0, 0.1) is 11.7 Å². The summed E-state index contributed by atoms with van der Waals surface area (Å²) in [5, 5.41) is 2.94. The Morgan fingerprint density at radius 1 is 1.11 bits per heavy atom. The van der Waals surface area contributed by atoms with Crippen molar-refractivity contribution in [3.8, 4) is 5.75 Å². The maximum Gasteiger partial charge on any atom is 0.223 e. The van der Waals surface area contributed by atoms with Crippen LogP contribution in [-0.4, -0.2) is 37.0 Å². The molecule has 1 heterocycles. The molecule has 0 aliphatic carbocycles. The van der Waals surface area contributed by atoms with Crippen molar-refractivity contribution in [2.45, 2.75) is 19.4 Å². The third-order valence-electron chi connectivity index (χ3n) is 4.76. The van der Waals surface area contributed by atoms with Gasteiger partial charge in [-0.2, -0.15) is 0 Å². The summed E-state index contributed by atoms with van der Waals surface area (Å²) in [6, 6.07) is 14.3. The predicted molar refractivity (Wildman–Crippen MR) is 107 cm³/mol. The molecule has 0 aromatic heterocycles. The SMILES string of the molecule is O=C(NCCOc1ccc(F)cc1)C1CCN(Cc2ccc(Br)cc2)CC1. The topological polar surface area (TPSA) is 41.6 Å². The molecule has 0 atom stereocenters. The molecule has 0 unspecified atom stereocenters. The van der Waals surface area contributed by atoms with Crippen molar-refractivity contribution in [2.24, 2.45) is 5.92 Å². The molecule has 4 nitrogen and oxygen atoms in total. The van der Waals surface area contributed by atoms with Gasteiger partial charge in [0.15, 0.2) is 0 Å². The molecule has 1 saturated heterocycles. The van der Waals surface area contributed by atoms with Crippen LogP contribution in [0.1, 0.15) is 18.4 Å². The van der Waals surface area contributed by atoms with Crippen LogP contribution < -0.4 is 10.1 Å². The molecule has 1 N–H and O–H groups in total. The Bertz CT molecular complexity index is 729. The van der Waals surface area contributed by atoms with Gasteiger partial charge in [0.1, 0.15) is 18.2 Å². The minimum absolute atomic E-state index is 0.0667. The Kier molecular flexibility index (Phi) is 7.24. The molecule has 1 fully saturated rings. The van der Waals surface area contributed by atoms with Gasteiger partial charge < -0.3 is 10.1 Å². The Balaban J connectivity index is 1.33. The lowest BCUT2D eigenvalue weighted by Crippen LogP contribution is -2.41. The van der Waals surface area contributed by atoms with E-state index in [9.17, 15) is 9.18 Å². The van der Waals surface area contributed by atoms with Crippen LogP contribution in [0.3, 0.4) is 0 Å². The highest BCUT2D eigenvalue weighted by Gasteiger charge is 2.24. The highest BCUT2D eigenvalue weighted by molar-refractivity contribution is 9.10. The molecule has 0 radical (unpaired) electrons. The number of carbonyl (C=O) groups excluding carboxylic acids is 1. The average molecular weight is 435 g/mol. The van der Waals surface area contributed by atoms with E-state index in [1.165, 1.54) is 17.7 Å². The highest BCUT2D eigenvalue weighted by atomic mass is 79.9. The maximum atomic E-state index is 12.8. The lowest BCUT2D eigenvalue weighted by atomic mass is 9.95. The zero-order valence-electron chi connectivity index (χ0n) is 15.2. The number of piperidine rings is 1. The van der Waals surface area contributed by atoms with E-state index < -0.39 is 0 Å². The van der Waals surface area contributed by atoms with Crippen LogP contribution in [0.15, 0.2) is 53.0 Å². The van der Waals surface area contributed by atoms with Crippen LogP contribution in [0.2, 0.25) is 0 Å². The lowest BCUT2D eigenvalue weighted by molar-refractivity contribution is -0.126. The normalized spacial score (nSPS) is 15.5. The molecule has 2 aromatic rings. The molecule has 1 aliphatic rings. The van der Waals surface area contributed by atoms with Gasteiger partial charge in [0, 0.05) is 16.9 Å². The third-order valence-corrected chi connectivity index (χ3v) is 5.29. The van der Waals surface area contributed by atoms with E-state index in [0.717, 1.165) is 36.9 Å². The lowest BCUT2D eigenvalue weighted by Gasteiger charge is -2.31. The van der Waals surface area contributed by atoms with E-state index in [1.807, 2.05) is 0 Å². The first-order chi connectivity index (χ1) is 13.1. The quantitative estimate of drug-likeness (QED) is 0.669. The molecule has 3 rings (SSSR count). The summed E-state index contributed by atoms with van der Waals surface area (Å²) in [7, 11) is 0. The number of hydrogen-bond donors (Lipinski definition) is 1. The van der Waals surface area contributed by atoms with Crippen molar-refractivity contribution in [3.05, 3.63) is 64.4 Å². The molecular weight excluding hydrogens is 411 g/mol. The fraction of sp³-hybridized carbons (Fsp3) is 0.381. The minimum Gasteiger partial charge on any atom is -0.492 e. The van der Waals surface area contributed by atoms with Crippen LogP contribution in [0.4, 0.5) is 4.39 Å². The van der Waals surface area contributed by atoms with Crippen molar-refractivity contribution in [1.82, 2.24) is 10.2 Å². The summed E-state index contributed by atoms with van der Waals surface area (Å²) in [6.45, 7) is 3.61. The predicted octanol–water partition coefficient (Wildman–Crippen LogP) is 4.00. The fourth-order valence-electron chi connectivity index (χ4n) is 3.22. The number of nitrogens with zero attached hydrogens (tertiary/aromatic N) is 1. The number of carbonyl (C=O) groups is 1. The molecule has 144 valence electrons. The first kappa shape index (κ1) is 19.8. The Morgan fingerprint density at radius 2 is 1.78 bits per heavy atom. The zero-order chi connectivity index (χ0) is 19.1. The van der Waals surface area contributed by atoms with E-state index >= 15 is 0 Å². The van der Waals surface area contributed by atoms with Gasteiger partial charge in [0.25, 0.3) is 0 Å². The van der Waals surface area contributed by atoms with Crippen molar-refractivity contribution in [3.63, 3.8) is 0 Å². The molecule has 2 aromatic carbocycles. The number of nitrogens with one attached hydrogen (secondary N) is 1. The number of benzene rings is 2. The standard InChI is InChI=1S/C21H24BrFN2O2/c22-18-3-1-16(2-4-18)15-25-12-9-17(10-13-25)21(26)24-11-14-27-20-7-5-19(23)6-8-20/h1-8,17H,9-15H2,(H,24,26). The molecule has 1 aliphatic heterocycles. The summed E-state index contributed by atoms with van der Waals surface area (Å²) < 4.78 is 19.4. The Labute approximate surface area is 167 Å². The summed E-state index contributed by atoms with van der Waals surface area (Å²) >= 11 is 3.45. The van der Waals surface area contributed by atoms with Crippen LogP contribution in [0.5, 0.6) is 5.75 Å². The van der Waals surface area contributed by atoms with Gasteiger partial charge in [0.05, 0.1) is 6.54 Å². The second-order valence-electron chi connectivity index (χ2n) is 6.77. The summed E-state index contributed by atoms with van der Waals surface area (Å²) in [5.74, 6) is 0.479. The monoisotopic (exact) mass is 434 g/mol. The van der Waals surface area contributed by atoms with Gasteiger partial charge in [-0.1, -0.05) is 28.1 Å². The largest absolute Gasteiger partial charge is 0.492 e. The molecule has 6 heteroatoms. The fourth-order valence-corrected chi connectivity index (χ4v) is 3.48. The Hall–Kier alpha value is -1.92. The number of likely N-dealkylation sites (tertiary alicyclic amines) is 1. The van der Waals surface area contributed by atoms with Crippen LogP contribution in [-0.2, 0) is 11.3 Å². The second kappa shape index (κ2) is 9.85. The van der Waals surface area contributed by atoms with E-state index in [0.29, 0.717) is 18.9 Å². The van der Waals surface area contributed by atoms with E-state index in [1.54, 1.807) is 12.1 Å². The summed E-state index contributed by atoms with van der Waals surface area (Å²) in [4.78, 5) is 14.7. The zero-order valence-corrected chi connectivity index (χ0v) is 16.8. The van der Waals surface area contributed by atoms with E-state index in [4.69, 9.17) is 4.74 Å². The third kappa shape index (κ3) is 6.33. The molecule has 0 spiro atoms. The maximum absolute atomic E-state index is 12.8. The molecule has 1 amide bonds. The van der Waals surface area contributed by atoms with Crippen LogP contribution in [0.25, 0.3) is 0 Å². The van der Waals surface area contributed by atoms with Crippen molar-refractivity contribution < 1.29 is 13.9 Å². The highest BCUT2D eigenvalue weighted by Crippen LogP contribution is 2.20. The summed E-state index contributed by atoms with van der Waals surface area (Å²) in [6.07, 6.45) is 1.75. The first-order valence-corrected chi connectivity index (χ1v) is 10.0. The van der Waals surface area contributed by atoms with Crippen molar-refractivity contribution in [2.75, 3.05) is 26.2 Å². The van der Waals surface area contributed by atoms with Crippen molar-refractivity contribution >= 4 is 21.8 Å². The van der Waals surface area contributed by atoms with Gasteiger partial charge in [-0.15, -0.1) is 0 Å². The van der Waals surface area contributed by atoms with Gasteiger partial charge in [0.2, 0.25) is 5.91 Å². The smallest absolute Gasteiger partial charge is 0.223 e. The number of rotatable bonds is 7. The summed E-state index contributed by atoms with van der Waals surface area (Å²) in [5.41, 5.74) is 1.29. The van der Waals surface area contributed by atoms with E-state index in [2.05, 4.69) is 50.4 Å². The number of amides is 1. The van der Waals surface area contributed by atoms with Gasteiger partial charge in [-0.05, 0) is 67.9 Å². The van der Waals surface area contributed by atoms with Crippen LogP contribution >= 0.6 is 15.9 Å². The molecular formula is C21H24BrFN2O2. The average Bonchev–Trinajstić information content (AvgIpc) is 2.69. The second-order valence-corrected chi connectivity index (χ2v) is 7.69. The van der Waals surface area contributed by atoms with Crippen molar-refractivity contribution in [1.29, 1.82) is 0 Å². The molecule has 27 heavy (non-hydrogen) atoms. The molecule has 0 saturated carbocycles.